The summed E-state index contributed by atoms with van der Waals surface area (Å²) >= 11 is 0. The second-order valence-corrected chi connectivity index (χ2v) is 9.19. The maximum atomic E-state index is 12.7. The fraction of sp³-hybridized carbons (Fsp3) is 0.667. The Balaban J connectivity index is 1.46. The minimum absolute atomic E-state index is 0.0403. The summed E-state index contributed by atoms with van der Waals surface area (Å²) in [5, 5.41) is 13.9. The van der Waals surface area contributed by atoms with E-state index in [4.69, 9.17) is 0 Å². The predicted molar refractivity (Wildman–Crippen MR) is 95.8 cm³/mol. The summed E-state index contributed by atoms with van der Waals surface area (Å²) in [5.41, 5.74) is 1.70. The molecule has 4 fully saturated rings. The van der Waals surface area contributed by atoms with Crippen LogP contribution in [0.3, 0.4) is 0 Å². The summed E-state index contributed by atoms with van der Waals surface area (Å²) in [6.07, 6.45) is 6.84. The number of hydrogen-bond acceptors (Lipinski definition) is 2. The van der Waals surface area contributed by atoms with E-state index in [-0.39, 0.29) is 11.3 Å². The first-order valence-corrected chi connectivity index (χ1v) is 9.47. The van der Waals surface area contributed by atoms with E-state index in [1.165, 1.54) is 12.0 Å². The Morgan fingerprint density at radius 1 is 1.25 bits per heavy atom. The van der Waals surface area contributed by atoms with Crippen molar-refractivity contribution >= 4 is 11.6 Å². The highest BCUT2D eigenvalue weighted by molar-refractivity contribution is 5.91. The van der Waals surface area contributed by atoms with Gasteiger partial charge in [-0.05, 0) is 79.4 Å². The Hall–Kier alpha value is -1.35. The van der Waals surface area contributed by atoms with Gasteiger partial charge in [0.1, 0.15) is 0 Å². The molecule has 4 saturated carbocycles. The van der Waals surface area contributed by atoms with Crippen molar-refractivity contribution in [1.29, 1.82) is 0 Å². The molecule has 1 amide bonds. The highest BCUT2D eigenvalue weighted by Crippen LogP contribution is 2.62. The molecule has 4 aliphatic carbocycles. The third kappa shape index (κ3) is 2.99. The van der Waals surface area contributed by atoms with Crippen molar-refractivity contribution in [1.82, 2.24) is 0 Å². The largest absolute Gasteiger partial charge is 0.390 e. The van der Waals surface area contributed by atoms with Crippen LogP contribution in [-0.2, 0) is 4.79 Å². The zero-order valence-corrected chi connectivity index (χ0v) is 14.8. The van der Waals surface area contributed by atoms with Gasteiger partial charge in [0.2, 0.25) is 5.91 Å². The molecule has 0 spiro atoms. The summed E-state index contributed by atoms with van der Waals surface area (Å²) in [5.74, 6) is 1.84. The fourth-order valence-corrected chi connectivity index (χ4v) is 6.13. The lowest BCUT2D eigenvalue weighted by molar-refractivity contribution is -0.167. The normalized spacial score (nSPS) is 37.0. The molecule has 1 aromatic rings. The molecule has 0 aromatic heterocycles. The molecule has 3 heteroatoms. The van der Waals surface area contributed by atoms with Crippen molar-refractivity contribution in [2.75, 3.05) is 5.32 Å². The summed E-state index contributed by atoms with van der Waals surface area (Å²) < 4.78 is 0. The third-order valence-corrected chi connectivity index (χ3v) is 6.52. The van der Waals surface area contributed by atoms with Gasteiger partial charge >= 0.3 is 0 Å². The molecule has 2 unspecified atom stereocenters. The molecule has 2 N–H and O–H groups in total. The van der Waals surface area contributed by atoms with Crippen molar-refractivity contribution in [3.05, 3.63) is 29.8 Å². The van der Waals surface area contributed by atoms with Crippen LogP contribution in [0.1, 0.15) is 70.3 Å². The third-order valence-electron chi connectivity index (χ3n) is 6.52. The first kappa shape index (κ1) is 16.1. The smallest absolute Gasteiger partial charge is 0.224 e. The summed E-state index contributed by atoms with van der Waals surface area (Å²) in [4.78, 5) is 12.7. The number of anilines is 1. The SMILES string of the molecule is CC(C)c1cccc(NC(=O)CC23CC4CC(CC(O)(C4)C2)C3)c1. The summed E-state index contributed by atoms with van der Waals surface area (Å²) in [6.45, 7) is 4.33. The molecule has 2 atom stereocenters. The maximum absolute atomic E-state index is 12.7. The van der Waals surface area contributed by atoms with Gasteiger partial charge in [0.05, 0.1) is 5.60 Å². The van der Waals surface area contributed by atoms with E-state index >= 15 is 0 Å². The number of carbonyl (C=O) groups is 1. The second kappa shape index (κ2) is 5.59. The van der Waals surface area contributed by atoms with Gasteiger partial charge in [0, 0.05) is 12.1 Å². The van der Waals surface area contributed by atoms with Crippen molar-refractivity contribution < 1.29 is 9.90 Å². The van der Waals surface area contributed by atoms with Crippen LogP contribution >= 0.6 is 0 Å². The fourth-order valence-electron chi connectivity index (χ4n) is 6.13. The van der Waals surface area contributed by atoms with Gasteiger partial charge in [0.25, 0.3) is 0 Å². The Kier molecular flexibility index (Phi) is 3.76. The van der Waals surface area contributed by atoms with Crippen LogP contribution in [0.15, 0.2) is 24.3 Å². The molecule has 5 rings (SSSR count). The Morgan fingerprint density at radius 2 is 1.96 bits per heavy atom. The first-order chi connectivity index (χ1) is 11.3. The molecule has 4 aliphatic rings. The van der Waals surface area contributed by atoms with Crippen LogP contribution in [0.5, 0.6) is 0 Å². The second-order valence-electron chi connectivity index (χ2n) is 9.19. The molecule has 130 valence electrons. The van der Waals surface area contributed by atoms with Crippen molar-refractivity contribution in [2.45, 2.75) is 70.3 Å². The standard InChI is InChI=1S/C21H29NO2/c1-14(2)17-4-3-5-18(7-17)22-19(23)12-20-8-15-6-16(9-20)11-21(24,10-15)13-20/h3-5,7,14-16,24H,6,8-13H2,1-2H3,(H,22,23). The van der Waals surface area contributed by atoms with E-state index < -0.39 is 5.60 Å². The molecule has 0 saturated heterocycles. The van der Waals surface area contributed by atoms with E-state index in [2.05, 4.69) is 31.3 Å². The zero-order valence-electron chi connectivity index (χ0n) is 14.8. The molecular formula is C21H29NO2. The van der Waals surface area contributed by atoms with Crippen LogP contribution in [-0.4, -0.2) is 16.6 Å². The molecular weight excluding hydrogens is 298 g/mol. The van der Waals surface area contributed by atoms with Crippen LogP contribution in [0.2, 0.25) is 0 Å². The first-order valence-electron chi connectivity index (χ1n) is 9.47. The van der Waals surface area contributed by atoms with Crippen LogP contribution in [0.25, 0.3) is 0 Å². The monoisotopic (exact) mass is 327 g/mol. The molecule has 24 heavy (non-hydrogen) atoms. The number of aliphatic hydroxyl groups is 1. The minimum atomic E-state index is -0.484. The Morgan fingerprint density at radius 3 is 2.58 bits per heavy atom. The lowest BCUT2D eigenvalue weighted by Gasteiger charge is -2.60. The lowest BCUT2D eigenvalue weighted by atomic mass is 9.47. The number of carbonyl (C=O) groups excluding carboxylic acids is 1. The highest BCUT2D eigenvalue weighted by atomic mass is 16.3. The molecule has 1 aromatic carbocycles. The predicted octanol–water partition coefficient (Wildman–Crippen LogP) is 4.47. The quantitative estimate of drug-likeness (QED) is 0.857. The number of rotatable bonds is 4. The van der Waals surface area contributed by atoms with E-state index in [1.807, 2.05) is 12.1 Å². The molecule has 0 radical (unpaired) electrons. The number of benzene rings is 1. The summed E-state index contributed by atoms with van der Waals surface area (Å²) in [7, 11) is 0. The lowest BCUT2D eigenvalue weighted by Crippen LogP contribution is -2.56. The highest BCUT2D eigenvalue weighted by Gasteiger charge is 2.57. The van der Waals surface area contributed by atoms with E-state index in [0.717, 1.165) is 37.8 Å². The van der Waals surface area contributed by atoms with E-state index in [1.54, 1.807) is 0 Å². The van der Waals surface area contributed by atoms with Gasteiger partial charge < -0.3 is 10.4 Å². The van der Waals surface area contributed by atoms with Crippen molar-refractivity contribution in [3.63, 3.8) is 0 Å². The average molecular weight is 327 g/mol. The van der Waals surface area contributed by atoms with Crippen LogP contribution in [0, 0.1) is 17.3 Å². The molecule has 4 bridgehead atoms. The van der Waals surface area contributed by atoms with Crippen LogP contribution < -0.4 is 5.32 Å². The van der Waals surface area contributed by atoms with Gasteiger partial charge in [-0.25, -0.2) is 0 Å². The van der Waals surface area contributed by atoms with Gasteiger partial charge in [-0.1, -0.05) is 26.0 Å². The van der Waals surface area contributed by atoms with E-state index in [9.17, 15) is 9.90 Å². The van der Waals surface area contributed by atoms with Gasteiger partial charge in [-0.2, -0.15) is 0 Å². The average Bonchev–Trinajstić information content (AvgIpc) is 2.43. The van der Waals surface area contributed by atoms with Crippen molar-refractivity contribution in [3.8, 4) is 0 Å². The van der Waals surface area contributed by atoms with Crippen LogP contribution in [0.4, 0.5) is 5.69 Å². The number of hydrogen-bond donors (Lipinski definition) is 2. The molecule has 0 heterocycles. The Bertz CT molecular complexity index is 637. The zero-order chi connectivity index (χ0) is 16.9. The Labute approximate surface area is 144 Å². The van der Waals surface area contributed by atoms with Gasteiger partial charge in [-0.15, -0.1) is 0 Å². The van der Waals surface area contributed by atoms with Gasteiger partial charge in [-0.3, -0.25) is 4.79 Å². The topological polar surface area (TPSA) is 49.3 Å². The summed E-state index contributed by atoms with van der Waals surface area (Å²) in [6, 6.07) is 8.17. The number of nitrogens with one attached hydrogen (secondary N) is 1. The molecule has 3 nitrogen and oxygen atoms in total. The number of amides is 1. The van der Waals surface area contributed by atoms with Gasteiger partial charge in [0.15, 0.2) is 0 Å². The maximum Gasteiger partial charge on any atom is 0.224 e. The van der Waals surface area contributed by atoms with E-state index in [0.29, 0.717) is 24.2 Å². The molecule has 0 aliphatic heterocycles. The minimum Gasteiger partial charge on any atom is -0.390 e. The van der Waals surface area contributed by atoms with Crippen molar-refractivity contribution in [2.24, 2.45) is 17.3 Å².